The first-order valence-corrected chi connectivity index (χ1v) is 7.97. The van der Waals surface area contributed by atoms with Crippen LogP contribution in [0.1, 0.15) is 25.7 Å². The Morgan fingerprint density at radius 1 is 1.21 bits per heavy atom. The SMILES string of the molecule is NCC1CCCCCN1S(=O)(=O)c1ccc(F)cc1. The van der Waals surface area contributed by atoms with E-state index >= 15 is 0 Å². The zero-order valence-electron chi connectivity index (χ0n) is 10.8. The Morgan fingerprint density at radius 2 is 1.89 bits per heavy atom. The van der Waals surface area contributed by atoms with Crippen LogP contribution < -0.4 is 5.73 Å². The Hall–Kier alpha value is -0.980. The lowest BCUT2D eigenvalue weighted by Crippen LogP contribution is -2.44. The van der Waals surface area contributed by atoms with Crippen LogP contribution in [0, 0.1) is 5.82 Å². The topological polar surface area (TPSA) is 63.4 Å². The van der Waals surface area contributed by atoms with Crippen molar-refractivity contribution in [1.82, 2.24) is 4.31 Å². The molecule has 0 amide bonds. The largest absolute Gasteiger partial charge is 0.329 e. The molecular weight excluding hydrogens is 267 g/mol. The molecule has 1 aromatic carbocycles. The van der Waals surface area contributed by atoms with Crippen molar-refractivity contribution in [1.29, 1.82) is 0 Å². The predicted molar refractivity (Wildman–Crippen MR) is 71.6 cm³/mol. The number of hydrogen-bond acceptors (Lipinski definition) is 3. The van der Waals surface area contributed by atoms with Crippen LogP contribution in [0.3, 0.4) is 0 Å². The van der Waals surface area contributed by atoms with Crippen LogP contribution in [-0.4, -0.2) is 31.9 Å². The number of benzene rings is 1. The van der Waals surface area contributed by atoms with E-state index in [0.29, 0.717) is 13.1 Å². The van der Waals surface area contributed by atoms with Gasteiger partial charge in [-0.2, -0.15) is 4.31 Å². The highest BCUT2D eigenvalue weighted by molar-refractivity contribution is 7.89. The van der Waals surface area contributed by atoms with Crippen LogP contribution in [0.25, 0.3) is 0 Å². The third kappa shape index (κ3) is 3.13. The molecule has 0 radical (unpaired) electrons. The monoisotopic (exact) mass is 286 g/mol. The first-order valence-electron chi connectivity index (χ1n) is 6.53. The molecule has 1 saturated heterocycles. The van der Waals surface area contributed by atoms with Gasteiger partial charge in [-0.05, 0) is 37.1 Å². The standard InChI is InChI=1S/C13H19FN2O2S/c14-11-5-7-13(8-6-11)19(17,18)16-9-3-1-2-4-12(16)10-15/h5-8,12H,1-4,9-10,15H2. The fourth-order valence-corrected chi connectivity index (χ4v) is 4.15. The molecule has 4 nitrogen and oxygen atoms in total. The molecule has 0 saturated carbocycles. The van der Waals surface area contributed by atoms with Crippen molar-refractivity contribution in [3.8, 4) is 0 Å². The van der Waals surface area contributed by atoms with Gasteiger partial charge in [0.05, 0.1) is 4.90 Å². The molecule has 0 aromatic heterocycles. The summed E-state index contributed by atoms with van der Waals surface area (Å²) >= 11 is 0. The van der Waals surface area contributed by atoms with Crippen LogP contribution in [0.5, 0.6) is 0 Å². The summed E-state index contributed by atoms with van der Waals surface area (Å²) < 4.78 is 39.5. The second-order valence-electron chi connectivity index (χ2n) is 4.81. The van der Waals surface area contributed by atoms with Gasteiger partial charge in [-0.1, -0.05) is 12.8 Å². The van der Waals surface area contributed by atoms with Crippen molar-refractivity contribution in [3.63, 3.8) is 0 Å². The van der Waals surface area contributed by atoms with Crippen LogP contribution in [0.4, 0.5) is 4.39 Å². The smallest absolute Gasteiger partial charge is 0.243 e. The fourth-order valence-electron chi connectivity index (χ4n) is 2.44. The zero-order valence-corrected chi connectivity index (χ0v) is 11.6. The fraction of sp³-hybridized carbons (Fsp3) is 0.538. The van der Waals surface area contributed by atoms with Crippen LogP contribution in [0.15, 0.2) is 29.2 Å². The lowest BCUT2D eigenvalue weighted by atomic mass is 10.1. The number of nitrogens with two attached hydrogens (primary N) is 1. The van der Waals surface area contributed by atoms with E-state index in [1.54, 1.807) is 0 Å². The van der Waals surface area contributed by atoms with E-state index in [0.717, 1.165) is 25.7 Å². The van der Waals surface area contributed by atoms with Crippen molar-refractivity contribution < 1.29 is 12.8 Å². The minimum absolute atomic E-state index is 0.134. The number of hydrogen-bond donors (Lipinski definition) is 1. The highest BCUT2D eigenvalue weighted by Crippen LogP contribution is 2.24. The van der Waals surface area contributed by atoms with Crippen molar-refractivity contribution in [2.24, 2.45) is 5.73 Å². The van der Waals surface area contributed by atoms with Crippen molar-refractivity contribution in [2.75, 3.05) is 13.1 Å². The summed E-state index contributed by atoms with van der Waals surface area (Å²) in [5.41, 5.74) is 5.70. The summed E-state index contributed by atoms with van der Waals surface area (Å²) in [6.45, 7) is 0.808. The van der Waals surface area contributed by atoms with E-state index in [9.17, 15) is 12.8 Å². The predicted octanol–water partition coefficient (Wildman–Crippen LogP) is 1.72. The van der Waals surface area contributed by atoms with E-state index in [2.05, 4.69) is 0 Å². The summed E-state index contributed by atoms with van der Waals surface area (Å²) in [4.78, 5) is 0.134. The summed E-state index contributed by atoms with van der Waals surface area (Å²) in [5, 5.41) is 0. The molecule has 1 fully saturated rings. The second kappa shape index (κ2) is 5.98. The summed E-state index contributed by atoms with van der Waals surface area (Å²) in [6, 6.07) is 4.80. The first-order chi connectivity index (χ1) is 9.05. The maximum atomic E-state index is 12.9. The third-order valence-electron chi connectivity index (χ3n) is 3.52. The highest BCUT2D eigenvalue weighted by atomic mass is 32.2. The average Bonchev–Trinajstić information content (AvgIpc) is 2.64. The highest BCUT2D eigenvalue weighted by Gasteiger charge is 2.31. The molecule has 19 heavy (non-hydrogen) atoms. The van der Waals surface area contributed by atoms with Crippen molar-refractivity contribution in [3.05, 3.63) is 30.1 Å². The van der Waals surface area contributed by atoms with Gasteiger partial charge >= 0.3 is 0 Å². The van der Waals surface area contributed by atoms with E-state index in [-0.39, 0.29) is 10.9 Å². The second-order valence-corrected chi connectivity index (χ2v) is 6.70. The van der Waals surface area contributed by atoms with Gasteiger partial charge in [-0.15, -0.1) is 0 Å². The molecule has 1 aliphatic heterocycles. The quantitative estimate of drug-likeness (QED) is 0.920. The lowest BCUT2D eigenvalue weighted by molar-refractivity contribution is 0.328. The number of nitrogens with zero attached hydrogens (tertiary/aromatic N) is 1. The first kappa shape index (κ1) is 14.4. The third-order valence-corrected chi connectivity index (χ3v) is 5.48. The van der Waals surface area contributed by atoms with Gasteiger partial charge in [0.2, 0.25) is 10.0 Å². The summed E-state index contributed by atoms with van der Waals surface area (Å²) in [7, 11) is -3.58. The molecule has 0 aliphatic carbocycles. The normalized spacial score (nSPS) is 22.1. The molecule has 1 atom stereocenters. The van der Waals surface area contributed by atoms with Gasteiger partial charge in [-0.3, -0.25) is 0 Å². The van der Waals surface area contributed by atoms with Crippen LogP contribution >= 0.6 is 0 Å². The van der Waals surface area contributed by atoms with Gasteiger partial charge in [0.15, 0.2) is 0 Å². The molecule has 1 heterocycles. The Balaban J connectivity index is 2.33. The maximum absolute atomic E-state index is 12.9. The molecule has 1 aromatic rings. The minimum Gasteiger partial charge on any atom is -0.329 e. The summed E-state index contributed by atoms with van der Waals surface area (Å²) in [5.74, 6) is -0.440. The molecule has 0 bridgehead atoms. The van der Waals surface area contributed by atoms with Crippen LogP contribution in [0.2, 0.25) is 0 Å². The average molecular weight is 286 g/mol. The van der Waals surface area contributed by atoms with Gasteiger partial charge in [-0.25, -0.2) is 12.8 Å². The van der Waals surface area contributed by atoms with E-state index < -0.39 is 15.8 Å². The molecule has 1 unspecified atom stereocenters. The molecule has 106 valence electrons. The molecular formula is C13H19FN2O2S. The molecule has 6 heteroatoms. The van der Waals surface area contributed by atoms with Gasteiger partial charge in [0.25, 0.3) is 0 Å². The lowest BCUT2D eigenvalue weighted by Gasteiger charge is -2.28. The zero-order chi connectivity index (χ0) is 13.9. The van der Waals surface area contributed by atoms with E-state index in [1.807, 2.05) is 0 Å². The van der Waals surface area contributed by atoms with E-state index in [1.165, 1.54) is 28.6 Å². The van der Waals surface area contributed by atoms with Gasteiger partial charge in [0.1, 0.15) is 5.82 Å². The number of rotatable bonds is 3. The summed E-state index contributed by atoms with van der Waals surface area (Å²) in [6.07, 6.45) is 3.65. The number of sulfonamides is 1. The van der Waals surface area contributed by atoms with Gasteiger partial charge in [0, 0.05) is 19.1 Å². The van der Waals surface area contributed by atoms with Crippen molar-refractivity contribution in [2.45, 2.75) is 36.6 Å². The maximum Gasteiger partial charge on any atom is 0.243 e. The molecule has 0 spiro atoms. The Morgan fingerprint density at radius 3 is 2.53 bits per heavy atom. The molecule has 2 rings (SSSR count). The van der Waals surface area contributed by atoms with Gasteiger partial charge < -0.3 is 5.73 Å². The minimum atomic E-state index is -3.58. The Kier molecular flexibility index (Phi) is 4.54. The molecule has 1 aliphatic rings. The number of halogens is 1. The molecule has 2 N–H and O–H groups in total. The Labute approximate surface area is 113 Å². The Bertz CT molecular complexity index is 516. The van der Waals surface area contributed by atoms with E-state index in [4.69, 9.17) is 5.73 Å². The van der Waals surface area contributed by atoms with Crippen molar-refractivity contribution >= 4 is 10.0 Å². The van der Waals surface area contributed by atoms with Crippen LogP contribution in [-0.2, 0) is 10.0 Å².